The molecule has 226 valence electrons. The maximum atomic E-state index is 14.4. The number of piperazine rings is 1. The predicted octanol–water partition coefficient (Wildman–Crippen LogP) is 6.52. The Morgan fingerprint density at radius 2 is 1.49 bits per heavy atom. The molecule has 4 aromatic carbocycles. The summed E-state index contributed by atoms with van der Waals surface area (Å²) in [7, 11) is 0. The molecule has 45 heavy (non-hydrogen) atoms. The predicted molar refractivity (Wildman–Crippen MR) is 180 cm³/mol. The second kappa shape index (κ2) is 11.4. The first-order valence-corrected chi connectivity index (χ1v) is 16.5. The van der Waals surface area contributed by atoms with Gasteiger partial charge in [-0.05, 0) is 38.7 Å². The molecule has 1 amide bonds. The second-order valence-corrected chi connectivity index (χ2v) is 13.1. The van der Waals surface area contributed by atoms with E-state index in [0.29, 0.717) is 43.6 Å². The molecule has 2 saturated heterocycles. The Hall–Kier alpha value is -3.98. The average molecular weight is 681 g/mol. The lowest BCUT2D eigenvalue weighted by atomic mass is 9.76. The standard InChI is InChI=1S/C36H31BrClN5O2/c37-28-20-29-31-33(32(28)38)45-19-16-27-21-41(17-18-42(27)34(31)40-23-39-29)35(44)30-22-43(30)36(24-10-4-1-5-11-24,25-12-6-2-7-13-25)26-14-8-3-9-15-26/h1-15,20,23,27,30H,16-19,21-22H2/t27-,30?,43-/m1/s1. The van der Waals surface area contributed by atoms with Crippen LogP contribution in [0.3, 0.4) is 0 Å². The zero-order valence-corrected chi connectivity index (χ0v) is 26.9. The molecule has 1 aromatic heterocycles. The summed E-state index contributed by atoms with van der Waals surface area (Å²) in [6, 6.07) is 33.4. The number of aromatic nitrogens is 2. The van der Waals surface area contributed by atoms with Crippen molar-refractivity contribution in [1.29, 1.82) is 0 Å². The molecule has 1 unspecified atom stereocenters. The topological polar surface area (TPSA) is 61.6 Å². The Morgan fingerprint density at radius 3 is 2.11 bits per heavy atom. The zero-order chi connectivity index (χ0) is 30.5. The minimum atomic E-state index is -0.593. The summed E-state index contributed by atoms with van der Waals surface area (Å²) < 4.78 is 6.99. The molecule has 0 N–H and O–H groups in total. The number of rotatable bonds is 5. The summed E-state index contributed by atoms with van der Waals surface area (Å²) in [5.74, 6) is 1.59. The van der Waals surface area contributed by atoms with E-state index in [0.717, 1.165) is 44.3 Å². The summed E-state index contributed by atoms with van der Waals surface area (Å²) in [4.78, 5) is 30.3. The van der Waals surface area contributed by atoms with E-state index in [1.54, 1.807) is 6.33 Å². The number of hydrogen-bond acceptors (Lipinski definition) is 6. The highest BCUT2D eigenvalue weighted by atomic mass is 79.9. The van der Waals surface area contributed by atoms with Crippen LogP contribution in [0.2, 0.25) is 5.02 Å². The first kappa shape index (κ1) is 28.5. The molecule has 0 spiro atoms. The number of fused-ring (bicyclic) bond motifs is 2. The van der Waals surface area contributed by atoms with Crippen molar-refractivity contribution in [2.45, 2.75) is 24.0 Å². The van der Waals surface area contributed by atoms with Gasteiger partial charge in [0, 0.05) is 37.1 Å². The van der Waals surface area contributed by atoms with Crippen molar-refractivity contribution in [3.8, 4) is 5.75 Å². The van der Waals surface area contributed by atoms with Gasteiger partial charge in [-0.1, -0.05) is 103 Å². The Kier molecular flexibility index (Phi) is 7.24. The normalized spacial score (nSPS) is 21.0. The van der Waals surface area contributed by atoms with Crippen LogP contribution in [0, 0.1) is 0 Å². The molecule has 5 aromatic rings. The maximum absolute atomic E-state index is 14.4. The van der Waals surface area contributed by atoms with Crippen LogP contribution in [0.15, 0.2) is 108 Å². The Labute approximate surface area is 275 Å². The Balaban J connectivity index is 1.12. The highest BCUT2D eigenvalue weighted by Gasteiger charge is 2.57. The SMILES string of the molecule is O=C(C1C[N@@]1C(c1ccccc1)(c1ccccc1)c1ccccc1)N1CCN2c3ncnc4cc(Br)c(Cl)c(c34)OCC[C@@H]2C1. The number of nitrogens with zero attached hydrogens (tertiary/aromatic N) is 5. The second-order valence-electron chi connectivity index (χ2n) is 11.8. The fraction of sp³-hybridized carbons (Fsp3) is 0.250. The summed E-state index contributed by atoms with van der Waals surface area (Å²) in [6.07, 6.45) is 2.34. The van der Waals surface area contributed by atoms with Gasteiger partial charge in [-0.2, -0.15) is 0 Å². The van der Waals surface area contributed by atoms with Crippen molar-refractivity contribution in [2.24, 2.45) is 0 Å². The fourth-order valence-corrected chi connectivity index (χ4v) is 7.92. The average Bonchev–Trinajstić information content (AvgIpc) is 3.88. The summed E-state index contributed by atoms with van der Waals surface area (Å²) in [6.45, 7) is 3.05. The minimum Gasteiger partial charge on any atom is -0.491 e. The van der Waals surface area contributed by atoms with Crippen LogP contribution >= 0.6 is 27.5 Å². The van der Waals surface area contributed by atoms with Crippen molar-refractivity contribution < 1.29 is 9.53 Å². The molecule has 9 heteroatoms. The van der Waals surface area contributed by atoms with E-state index in [-0.39, 0.29) is 18.0 Å². The van der Waals surface area contributed by atoms with Crippen molar-refractivity contribution in [1.82, 2.24) is 19.8 Å². The number of carbonyl (C=O) groups excluding carboxylic acids is 1. The molecule has 0 bridgehead atoms. The van der Waals surface area contributed by atoms with E-state index in [1.165, 1.54) is 0 Å². The lowest BCUT2D eigenvalue weighted by molar-refractivity contribution is -0.132. The highest BCUT2D eigenvalue weighted by Crippen LogP contribution is 2.49. The number of benzene rings is 4. The summed E-state index contributed by atoms with van der Waals surface area (Å²) in [5.41, 5.74) is 3.63. The van der Waals surface area contributed by atoms with E-state index in [2.05, 4.69) is 104 Å². The van der Waals surface area contributed by atoms with Crippen molar-refractivity contribution >= 4 is 50.2 Å². The summed E-state index contributed by atoms with van der Waals surface area (Å²) in [5, 5.41) is 1.35. The number of amides is 1. The number of carbonyl (C=O) groups is 1. The van der Waals surface area contributed by atoms with Gasteiger partial charge in [0.2, 0.25) is 5.91 Å². The third-order valence-corrected chi connectivity index (χ3v) is 10.7. The fourth-order valence-electron chi connectivity index (χ4n) is 7.32. The van der Waals surface area contributed by atoms with Gasteiger partial charge in [0.15, 0.2) is 5.75 Å². The number of hydrogen-bond donors (Lipinski definition) is 0. The van der Waals surface area contributed by atoms with E-state index < -0.39 is 5.54 Å². The van der Waals surface area contributed by atoms with Crippen LogP contribution in [0.1, 0.15) is 23.1 Å². The van der Waals surface area contributed by atoms with Gasteiger partial charge in [0.25, 0.3) is 0 Å². The van der Waals surface area contributed by atoms with Gasteiger partial charge in [-0.3, -0.25) is 9.69 Å². The van der Waals surface area contributed by atoms with Gasteiger partial charge in [-0.15, -0.1) is 0 Å². The van der Waals surface area contributed by atoms with Crippen LogP contribution in [-0.4, -0.2) is 70.5 Å². The van der Waals surface area contributed by atoms with E-state index in [9.17, 15) is 4.79 Å². The van der Waals surface area contributed by atoms with Crippen LogP contribution < -0.4 is 9.64 Å². The van der Waals surface area contributed by atoms with Crippen molar-refractivity contribution in [3.05, 3.63) is 130 Å². The number of halogens is 2. The number of anilines is 1. The molecular formula is C36H31BrClN5O2. The van der Waals surface area contributed by atoms with E-state index in [4.69, 9.17) is 21.3 Å². The lowest BCUT2D eigenvalue weighted by Gasteiger charge is -2.44. The number of ether oxygens (including phenoxy) is 1. The van der Waals surface area contributed by atoms with E-state index >= 15 is 0 Å². The largest absolute Gasteiger partial charge is 0.491 e. The Bertz CT molecular complexity index is 1780. The lowest BCUT2D eigenvalue weighted by Crippen LogP contribution is -2.57. The molecule has 2 fully saturated rings. The highest BCUT2D eigenvalue weighted by molar-refractivity contribution is 9.10. The quantitative estimate of drug-likeness (QED) is 0.156. The molecule has 3 atom stereocenters. The van der Waals surface area contributed by atoms with Gasteiger partial charge in [-0.25, -0.2) is 9.97 Å². The monoisotopic (exact) mass is 679 g/mol. The first-order chi connectivity index (χ1) is 22.1. The third-order valence-electron chi connectivity index (χ3n) is 9.42. The van der Waals surface area contributed by atoms with Crippen molar-refractivity contribution in [3.63, 3.8) is 0 Å². The molecule has 7 nitrogen and oxygen atoms in total. The summed E-state index contributed by atoms with van der Waals surface area (Å²) >= 11 is 10.2. The molecule has 4 heterocycles. The van der Waals surface area contributed by atoms with Crippen LogP contribution in [-0.2, 0) is 10.3 Å². The molecule has 0 saturated carbocycles. The van der Waals surface area contributed by atoms with Gasteiger partial charge < -0.3 is 14.5 Å². The van der Waals surface area contributed by atoms with Crippen LogP contribution in [0.25, 0.3) is 10.9 Å². The molecule has 0 radical (unpaired) electrons. The van der Waals surface area contributed by atoms with Gasteiger partial charge in [0.05, 0.1) is 34.1 Å². The van der Waals surface area contributed by atoms with Crippen molar-refractivity contribution in [2.75, 3.05) is 37.7 Å². The third kappa shape index (κ3) is 4.69. The molecule has 3 aliphatic rings. The van der Waals surface area contributed by atoms with Crippen LogP contribution in [0.4, 0.5) is 5.82 Å². The molecule has 0 aliphatic carbocycles. The Morgan fingerprint density at radius 1 is 0.867 bits per heavy atom. The van der Waals surface area contributed by atoms with Gasteiger partial charge >= 0.3 is 0 Å². The molecule has 3 aliphatic heterocycles. The zero-order valence-electron chi connectivity index (χ0n) is 24.5. The van der Waals surface area contributed by atoms with E-state index in [1.807, 2.05) is 29.2 Å². The first-order valence-electron chi connectivity index (χ1n) is 15.3. The minimum absolute atomic E-state index is 0.0608. The van der Waals surface area contributed by atoms with Crippen LogP contribution in [0.5, 0.6) is 5.75 Å². The molecule has 8 rings (SSSR count). The maximum Gasteiger partial charge on any atom is 0.241 e. The smallest absolute Gasteiger partial charge is 0.241 e. The van der Waals surface area contributed by atoms with Gasteiger partial charge in [0.1, 0.15) is 18.2 Å². The molecular weight excluding hydrogens is 650 g/mol.